The van der Waals surface area contributed by atoms with E-state index in [4.69, 9.17) is 9.47 Å². The monoisotopic (exact) mass is 304 g/mol. The van der Waals surface area contributed by atoms with Gasteiger partial charge in [0.25, 0.3) is 20.2 Å². The molecule has 8 nitrogen and oxygen atoms in total. The zero-order valence-electron chi connectivity index (χ0n) is 10.1. The predicted octanol–water partition coefficient (Wildman–Crippen LogP) is -1.28. The summed E-state index contributed by atoms with van der Waals surface area (Å²) < 4.78 is 63.1. The van der Waals surface area contributed by atoms with Gasteiger partial charge in [-0.15, -0.1) is 0 Å². The zero-order chi connectivity index (χ0) is 13.8. The van der Waals surface area contributed by atoms with Gasteiger partial charge in [0.15, 0.2) is 0 Å². The molecule has 1 heterocycles. The summed E-state index contributed by atoms with van der Waals surface area (Å²) in [7, 11) is -7.17. The highest BCUT2D eigenvalue weighted by Gasteiger charge is 2.29. The van der Waals surface area contributed by atoms with Crippen molar-refractivity contribution in [2.24, 2.45) is 0 Å². The summed E-state index contributed by atoms with van der Waals surface area (Å²) in [5, 5.41) is 0. The Morgan fingerprint density at radius 1 is 0.889 bits per heavy atom. The molecule has 0 aromatic carbocycles. The van der Waals surface area contributed by atoms with Gasteiger partial charge in [-0.25, -0.2) is 0 Å². The summed E-state index contributed by atoms with van der Waals surface area (Å²) in [6, 6.07) is 0. The molecule has 1 rings (SSSR count). The van der Waals surface area contributed by atoms with Crippen LogP contribution in [0.15, 0.2) is 0 Å². The van der Waals surface area contributed by atoms with Gasteiger partial charge in [0.05, 0.1) is 38.9 Å². The highest BCUT2D eigenvalue weighted by atomic mass is 32.2. The van der Waals surface area contributed by atoms with Crippen LogP contribution in [0.4, 0.5) is 0 Å². The lowest BCUT2D eigenvalue weighted by atomic mass is 10.2. The van der Waals surface area contributed by atoms with E-state index < -0.39 is 32.4 Å². The molecule has 0 aromatic heterocycles. The van der Waals surface area contributed by atoms with Crippen molar-refractivity contribution in [1.29, 1.82) is 0 Å². The van der Waals surface area contributed by atoms with Gasteiger partial charge in [0.2, 0.25) is 0 Å². The van der Waals surface area contributed by atoms with Gasteiger partial charge in [-0.05, 0) is 0 Å². The topological polar surface area (TPSA) is 105 Å². The third-order valence-corrected chi connectivity index (χ3v) is 3.18. The fourth-order valence-electron chi connectivity index (χ4n) is 1.31. The van der Waals surface area contributed by atoms with E-state index in [0.717, 1.165) is 12.5 Å². The second kappa shape index (κ2) is 6.26. The molecule has 0 aromatic rings. The van der Waals surface area contributed by atoms with E-state index in [1.54, 1.807) is 0 Å². The third kappa shape index (κ3) is 6.61. The molecule has 0 N–H and O–H groups in total. The number of hydrogen-bond acceptors (Lipinski definition) is 8. The van der Waals surface area contributed by atoms with Crippen LogP contribution < -0.4 is 0 Å². The Balaban J connectivity index is 2.52. The van der Waals surface area contributed by atoms with Crippen molar-refractivity contribution in [3.63, 3.8) is 0 Å². The number of rotatable bonds is 6. The third-order valence-electron chi connectivity index (χ3n) is 2.05. The first-order valence-corrected chi connectivity index (χ1v) is 8.73. The van der Waals surface area contributed by atoms with Crippen molar-refractivity contribution in [2.75, 3.05) is 38.9 Å². The molecule has 1 aliphatic rings. The van der Waals surface area contributed by atoms with Gasteiger partial charge < -0.3 is 9.47 Å². The lowest BCUT2D eigenvalue weighted by Gasteiger charge is -2.30. The van der Waals surface area contributed by atoms with Crippen LogP contribution in [0.3, 0.4) is 0 Å². The molecule has 0 bridgehead atoms. The minimum absolute atomic E-state index is 0.239. The second-order valence-electron chi connectivity index (χ2n) is 3.80. The first-order chi connectivity index (χ1) is 8.17. The van der Waals surface area contributed by atoms with Gasteiger partial charge in [-0.2, -0.15) is 16.8 Å². The molecule has 0 aliphatic carbocycles. The molecule has 10 heteroatoms. The van der Waals surface area contributed by atoms with Crippen LogP contribution >= 0.6 is 0 Å². The van der Waals surface area contributed by atoms with Crippen molar-refractivity contribution in [3.8, 4) is 0 Å². The number of ether oxygens (including phenoxy) is 2. The fraction of sp³-hybridized carbons (Fsp3) is 1.00. The van der Waals surface area contributed by atoms with E-state index in [1.165, 1.54) is 0 Å². The van der Waals surface area contributed by atoms with Crippen molar-refractivity contribution < 1.29 is 34.7 Å². The van der Waals surface area contributed by atoms with Crippen LogP contribution in [0.5, 0.6) is 0 Å². The van der Waals surface area contributed by atoms with E-state index in [1.807, 2.05) is 0 Å². The first kappa shape index (κ1) is 15.8. The molecule has 0 amide bonds. The van der Waals surface area contributed by atoms with E-state index in [-0.39, 0.29) is 26.4 Å². The Labute approximate surface area is 106 Å². The van der Waals surface area contributed by atoms with E-state index >= 15 is 0 Å². The Kier molecular flexibility index (Phi) is 5.49. The van der Waals surface area contributed by atoms with E-state index in [0.29, 0.717) is 0 Å². The van der Waals surface area contributed by atoms with Crippen molar-refractivity contribution in [2.45, 2.75) is 12.2 Å². The maximum Gasteiger partial charge on any atom is 0.264 e. The normalized spacial score (nSPS) is 26.1. The molecule has 0 unspecified atom stereocenters. The molecular formula is C8H16O8S2. The van der Waals surface area contributed by atoms with Gasteiger partial charge in [-0.3, -0.25) is 8.37 Å². The molecule has 0 saturated carbocycles. The maximum absolute atomic E-state index is 10.9. The minimum atomic E-state index is -3.58. The van der Waals surface area contributed by atoms with Gasteiger partial charge in [-0.1, -0.05) is 0 Å². The Bertz CT molecular complexity index is 409. The highest BCUT2D eigenvalue weighted by molar-refractivity contribution is 7.86. The SMILES string of the molecule is CS(=O)(=O)OC[C@@H]1OCCO[C@@H]1COS(C)(=O)=O. The molecule has 1 saturated heterocycles. The maximum atomic E-state index is 10.9. The van der Waals surface area contributed by atoms with Crippen molar-refractivity contribution >= 4 is 20.2 Å². The molecule has 1 aliphatic heterocycles. The number of hydrogen-bond donors (Lipinski definition) is 0. The van der Waals surface area contributed by atoms with Crippen molar-refractivity contribution in [3.05, 3.63) is 0 Å². The largest absolute Gasteiger partial charge is 0.371 e. The fourth-order valence-corrected chi connectivity index (χ4v) is 2.07. The lowest BCUT2D eigenvalue weighted by molar-refractivity contribution is -0.158. The second-order valence-corrected chi connectivity index (χ2v) is 7.08. The summed E-state index contributed by atoms with van der Waals surface area (Å²) in [6.45, 7) is 0.0908. The summed E-state index contributed by atoms with van der Waals surface area (Å²) in [5.74, 6) is 0. The van der Waals surface area contributed by atoms with Crippen LogP contribution in [0.1, 0.15) is 0 Å². The Hall–Kier alpha value is -0.260. The van der Waals surface area contributed by atoms with E-state index in [2.05, 4.69) is 8.37 Å². The standard InChI is InChI=1S/C8H16O8S2/c1-17(9,10)15-5-7-8(14-4-3-13-7)6-16-18(2,11)12/h7-8H,3-6H2,1-2H3/t7-,8+. The molecule has 0 radical (unpaired) electrons. The summed E-state index contributed by atoms with van der Waals surface area (Å²) in [5.41, 5.74) is 0. The predicted molar refractivity (Wildman–Crippen MR) is 61.1 cm³/mol. The zero-order valence-corrected chi connectivity index (χ0v) is 11.7. The Morgan fingerprint density at radius 2 is 1.22 bits per heavy atom. The van der Waals surface area contributed by atoms with Crippen LogP contribution in [-0.2, 0) is 38.1 Å². The van der Waals surface area contributed by atoms with Crippen LogP contribution in [0.25, 0.3) is 0 Å². The lowest BCUT2D eigenvalue weighted by Crippen LogP contribution is -2.44. The van der Waals surface area contributed by atoms with Gasteiger partial charge in [0.1, 0.15) is 12.2 Å². The van der Waals surface area contributed by atoms with Crippen LogP contribution in [-0.4, -0.2) is 68.0 Å². The quantitative estimate of drug-likeness (QED) is 0.559. The molecule has 2 atom stereocenters. The van der Waals surface area contributed by atoms with Crippen LogP contribution in [0, 0.1) is 0 Å². The molecular weight excluding hydrogens is 288 g/mol. The average Bonchev–Trinajstić information content (AvgIpc) is 2.22. The van der Waals surface area contributed by atoms with Crippen molar-refractivity contribution in [1.82, 2.24) is 0 Å². The minimum Gasteiger partial charge on any atom is -0.371 e. The van der Waals surface area contributed by atoms with Gasteiger partial charge in [0, 0.05) is 0 Å². The molecule has 1 fully saturated rings. The first-order valence-electron chi connectivity index (χ1n) is 5.09. The summed E-state index contributed by atoms with van der Waals surface area (Å²) >= 11 is 0. The van der Waals surface area contributed by atoms with E-state index in [9.17, 15) is 16.8 Å². The Morgan fingerprint density at radius 3 is 1.50 bits per heavy atom. The summed E-state index contributed by atoms with van der Waals surface area (Å²) in [4.78, 5) is 0. The average molecular weight is 304 g/mol. The highest BCUT2D eigenvalue weighted by Crippen LogP contribution is 2.13. The summed E-state index contributed by atoms with van der Waals surface area (Å²) in [6.07, 6.45) is 0.461. The molecule has 18 heavy (non-hydrogen) atoms. The molecule has 0 spiro atoms. The smallest absolute Gasteiger partial charge is 0.264 e. The van der Waals surface area contributed by atoms with Gasteiger partial charge >= 0.3 is 0 Å². The van der Waals surface area contributed by atoms with Crippen LogP contribution in [0.2, 0.25) is 0 Å². The molecule has 108 valence electrons.